The van der Waals surface area contributed by atoms with Crippen LogP contribution in [0.1, 0.15) is 34.4 Å². The first kappa shape index (κ1) is 27.6. The van der Waals surface area contributed by atoms with E-state index in [9.17, 15) is 0 Å². The van der Waals surface area contributed by atoms with Crippen LogP contribution in [0, 0.1) is 0 Å². The van der Waals surface area contributed by atoms with Crippen molar-refractivity contribution in [1.29, 1.82) is 0 Å². The molecule has 3 aliphatic heterocycles. The van der Waals surface area contributed by atoms with Crippen molar-refractivity contribution in [2.45, 2.75) is 25.9 Å². The minimum atomic E-state index is 0.670. The lowest BCUT2D eigenvalue weighted by molar-refractivity contribution is 0.288. The molecule has 43 heavy (non-hydrogen) atoms. The van der Waals surface area contributed by atoms with Gasteiger partial charge in [0.15, 0.2) is 0 Å². The maximum atomic E-state index is 6.59. The third kappa shape index (κ3) is 5.73. The van der Waals surface area contributed by atoms with Crippen LogP contribution in [0.4, 0.5) is 11.4 Å². The fourth-order valence-electron chi connectivity index (χ4n) is 6.31. The van der Waals surface area contributed by atoms with Gasteiger partial charge in [0, 0.05) is 91.1 Å². The second-order valence-electron chi connectivity index (χ2n) is 11.2. The molecule has 3 aliphatic rings. The number of furan rings is 1. The predicted molar refractivity (Wildman–Crippen MR) is 176 cm³/mol. The van der Waals surface area contributed by atoms with E-state index in [4.69, 9.17) is 20.8 Å². The van der Waals surface area contributed by atoms with Crippen molar-refractivity contribution >= 4 is 34.8 Å². The molecule has 0 atom stereocenters. The van der Waals surface area contributed by atoms with Crippen LogP contribution in [0.25, 0.3) is 16.9 Å². The number of ether oxygens (including phenoxy) is 1. The molecule has 0 bridgehead atoms. The van der Waals surface area contributed by atoms with Crippen LogP contribution in [0.3, 0.4) is 0 Å². The molecule has 0 saturated carbocycles. The average molecular weight is 591 g/mol. The number of piperazine rings is 1. The van der Waals surface area contributed by atoms with Crippen molar-refractivity contribution in [2.24, 2.45) is 4.99 Å². The second kappa shape index (κ2) is 12.2. The Bertz CT molecular complexity index is 1710. The number of nitrogens with zero attached hydrogens (tertiary/aromatic N) is 3. The van der Waals surface area contributed by atoms with Crippen LogP contribution in [0.15, 0.2) is 100 Å². The van der Waals surface area contributed by atoms with Crippen LogP contribution in [-0.4, -0.2) is 39.5 Å². The zero-order valence-corrected chi connectivity index (χ0v) is 25.1. The normalized spacial score (nSPS) is 16.5. The summed E-state index contributed by atoms with van der Waals surface area (Å²) in [4.78, 5) is 9.43. The SMILES string of the molecule is COC1=C(c2ccccc2CN2Cc3oc(-c4ccc(Cl)cc4)cc3Cc3cc(N4CCNCC4)ccc32)C=NC=CC1. The lowest BCUT2D eigenvalue weighted by Gasteiger charge is -2.31. The largest absolute Gasteiger partial charge is 0.500 e. The second-order valence-corrected chi connectivity index (χ2v) is 11.7. The van der Waals surface area contributed by atoms with Gasteiger partial charge in [-0.2, -0.15) is 0 Å². The maximum Gasteiger partial charge on any atom is 0.134 e. The number of anilines is 2. The van der Waals surface area contributed by atoms with Gasteiger partial charge in [-0.1, -0.05) is 41.9 Å². The smallest absolute Gasteiger partial charge is 0.134 e. The van der Waals surface area contributed by atoms with Crippen molar-refractivity contribution in [3.05, 3.63) is 124 Å². The summed E-state index contributed by atoms with van der Waals surface area (Å²) in [6, 6.07) is 25.6. The Hall–Kier alpha value is -4.26. The van der Waals surface area contributed by atoms with E-state index in [1.54, 1.807) is 7.11 Å². The summed E-state index contributed by atoms with van der Waals surface area (Å²) in [6.07, 6.45) is 7.32. The number of hydrogen-bond donors (Lipinski definition) is 1. The molecule has 4 aromatic rings. The molecule has 4 heterocycles. The van der Waals surface area contributed by atoms with Gasteiger partial charge < -0.3 is 24.3 Å². The molecule has 0 unspecified atom stereocenters. The molecule has 7 rings (SSSR count). The van der Waals surface area contributed by atoms with Crippen LogP contribution >= 0.6 is 11.6 Å². The van der Waals surface area contributed by atoms with Crippen LogP contribution < -0.4 is 15.1 Å². The molecule has 218 valence electrons. The molecule has 1 aromatic heterocycles. The average Bonchev–Trinajstić information content (AvgIpc) is 3.20. The Labute approximate surface area is 257 Å². The molecule has 0 aliphatic carbocycles. The van der Waals surface area contributed by atoms with Crippen LogP contribution in [-0.2, 0) is 24.2 Å². The van der Waals surface area contributed by atoms with Crippen LogP contribution in [0.5, 0.6) is 0 Å². The van der Waals surface area contributed by atoms with Gasteiger partial charge in [0.25, 0.3) is 0 Å². The van der Waals surface area contributed by atoms with Gasteiger partial charge >= 0.3 is 0 Å². The quantitative estimate of drug-likeness (QED) is 0.252. The highest BCUT2D eigenvalue weighted by molar-refractivity contribution is 6.30. The number of halogens is 1. The van der Waals surface area contributed by atoms with E-state index in [0.29, 0.717) is 19.5 Å². The third-order valence-electron chi connectivity index (χ3n) is 8.54. The lowest BCUT2D eigenvalue weighted by Crippen LogP contribution is -2.43. The van der Waals surface area contributed by atoms with Gasteiger partial charge in [0.1, 0.15) is 17.3 Å². The Morgan fingerprint density at radius 3 is 2.65 bits per heavy atom. The number of hydrogen-bond acceptors (Lipinski definition) is 6. The van der Waals surface area contributed by atoms with Crippen LogP contribution in [0.2, 0.25) is 5.02 Å². The highest BCUT2D eigenvalue weighted by Crippen LogP contribution is 2.38. The van der Waals surface area contributed by atoms with E-state index in [1.807, 2.05) is 42.8 Å². The topological polar surface area (TPSA) is 53.2 Å². The Morgan fingerprint density at radius 1 is 0.977 bits per heavy atom. The molecular weight excluding hydrogens is 556 g/mol. The third-order valence-corrected chi connectivity index (χ3v) is 8.79. The Kier molecular flexibility index (Phi) is 7.79. The lowest BCUT2D eigenvalue weighted by atomic mass is 9.97. The first-order chi connectivity index (χ1) is 21.2. The Balaban J connectivity index is 1.30. The molecule has 1 N–H and O–H groups in total. The number of nitrogens with one attached hydrogen (secondary N) is 1. The fraction of sp³-hybridized carbons (Fsp3) is 0.250. The van der Waals surface area contributed by atoms with E-state index in [0.717, 1.165) is 71.6 Å². The monoisotopic (exact) mass is 590 g/mol. The molecule has 6 nitrogen and oxygen atoms in total. The molecule has 1 saturated heterocycles. The summed E-state index contributed by atoms with van der Waals surface area (Å²) in [5.41, 5.74) is 9.47. The number of allylic oxidation sites excluding steroid dienone is 2. The van der Waals surface area contributed by atoms with Crippen molar-refractivity contribution in [1.82, 2.24) is 5.32 Å². The van der Waals surface area contributed by atoms with Gasteiger partial charge in [-0.3, -0.25) is 4.99 Å². The summed E-state index contributed by atoms with van der Waals surface area (Å²) in [5, 5.41) is 4.19. The maximum absolute atomic E-state index is 6.59. The minimum Gasteiger partial charge on any atom is -0.500 e. The molecule has 0 radical (unpaired) electrons. The fourth-order valence-corrected chi connectivity index (χ4v) is 6.44. The summed E-state index contributed by atoms with van der Waals surface area (Å²) < 4.78 is 12.4. The standard InChI is InChI=1S/C36H35ClN4O2/c1-42-34-7-4-14-39-22-32(34)31-6-3-2-5-26(31)23-41-24-36-28(21-35(43-36)25-8-10-29(37)11-9-25)19-27-20-30(12-13-33(27)41)40-17-15-38-16-18-40/h2-6,8-14,20-22,38H,7,15-19,23-24H2,1H3. The van der Waals surface area contributed by atoms with Gasteiger partial charge in [-0.05, 0) is 65.2 Å². The summed E-state index contributed by atoms with van der Waals surface area (Å²) in [6.45, 7) is 5.43. The molecule has 1 fully saturated rings. The van der Waals surface area contributed by atoms with E-state index < -0.39 is 0 Å². The van der Waals surface area contributed by atoms with E-state index in [1.165, 1.54) is 28.1 Å². The van der Waals surface area contributed by atoms with Crippen molar-refractivity contribution < 1.29 is 9.15 Å². The first-order valence-corrected chi connectivity index (χ1v) is 15.3. The summed E-state index contributed by atoms with van der Waals surface area (Å²) >= 11 is 6.18. The zero-order valence-electron chi connectivity index (χ0n) is 24.4. The molecular formula is C36H35ClN4O2. The van der Waals surface area contributed by atoms with E-state index >= 15 is 0 Å². The molecule has 3 aromatic carbocycles. The number of benzene rings is 3. The van der Waals surface area contributed by atoms with Gasteiger partial charge in [0.2, 0.25) is 0 Å². The number of rotatable bonds is 6. The van der Waals surface area contributed by atoms with Crippen molar-refractivity contribution in [3.8, 4) is 11.3 Å². The van der Waals surface area contributed by atoms with Gasteiger partial charge in [-0.25, -0.2) is 0 Å². The molecule has 7 heteroatoms. The highest BCUT2D eigenvalue weighted by Gasteiger charge is 2.26. The first-order valence-electron chi connectivity index (χ1n) is 14.9. The summed E-state index contributed by atoms with van der Waals surface area (Å²) in [5.74, 6) is 2.79. The summed E-state index contributed by atoms with van der Waals surface area (Å²) in [7, 11) is 1.74. The zero-order chi connectivity index (χ0) is 29.2. The number of fused-ring (bicyclic) bond motifs is 2. The van der Waals surface area contributed by atoms with Crippen molar-refractivity contribution in [3.63, 3.8) is 0 Å². The predicted octanol–water partition coefficient (Wildman–Crippen LogP) is 7.47. The van der Waals surface area contributed by atoms with Gasteiger partial charge in [0.05, 0.1) is 13.7 Å². The number of aliphatic imine (C=N–C) groups is 1. The highest BCUT2D eigenvalue weighted by atomic mass is 35.5. The Morgan fingerprint density at radius 2 is 1.81 bits per heavy atom. The molecule has 0 amide bonds. The molecule has 0 spiro atoms. The van der Waals surface area contributed by atoms with Crippen molar-refractivity contribution in [2.75, 3.05) is 43.1 Å². The minimum absolute atomic E-state index is 0.670. The number of methoxy groups -OCH3 is 1. The van der Waals surface area contributed by atoms with E-state index in [-0.39, 0.29) is 0 Å². The van der Waals surface area contributed by atoms with Gasteiger partial charge in [-0.15, -0.1) is 0 Å². The van der Waals surface area contributed by atoms with E-state index in [2.05, 4.69) is 68.6 Å².